The molecule has 5 nitrogen and oxygen atoms in total. The lowest BCUT2D eigenvalue weighted by Gasteiger charge is -2.00. The van der Waals surface area contributed by atoms with Crippen molar-refractivity contribution in [3.63, 3.8) is 0 Å². The standard InChI is InChI=1S/C8H10N4O/c1-5-4-6(11-12-10)2-3-7(5)8(9)13/h2-4H,1H3,(H2,9,13)(H2,10,11). The summed E-state index contributed by atoms with van der Waals surface area (Å²) in [4.78, 5) is 10.8. The van der Waals surface area contributed by atoms with E-state index < -0.39 is 5.91 Å². The predicted molar refractivity (Wildman–Crippen MR) is 48.4 cm³/mol. The highest BCUT2D eigenvalue weighted by atomic mass is 16.1. The molecule has 0 aromatic heterocycles. The molecule has 0 aliphatic rings. The van der Waals surface area contributed by atoms with Crippen LogP contribution in [0.1, 0.15) is 15.9 Å². The van der Waals surface area contributed by atoms with Crippen LogP contribution in [0.3, 0.4) is 0 Å². The Hall–Kier alpha value is -1.91. The maximum atomic E-state index is 10.8. The summed E-state index contributed by atoms with van der Waals surface area (Å²) >= 11 is 0. The summed E-state index contributed by atoms with van der Waals surface area (Å²) in [5.74, 6) is 4.42. The molecule has 0 saturated heterocycles. The van der Waals surface area contributed by atoms with Gasteiger partial charge in [0.25, 0.3) is 0 Å². The third kappa shape index (κ3) is 2.02. The van der Waals surface area contributed by atoms with Gasteiger partial charge in [-0.05, 0) is 30.7 Å². The van der Waals surface area contributed by atoms with E-state index in [2.05, 4.69) is 10.3 Å². The first-order valence-electron chi connectivity index (χ1n) is 3.66. The molecule has 0 aliphatic heterocycles. The number of carbonyl (C=O) groups is 1. The Morgan fingerprint density at radius 3 is 2.62 bits per heavy atom. The fourth-order valence-corrected chi connectivity index (χ4v) is 1.05. The molecule has 0 bridgehead atoms. The number of hydrogen-bond acceptors (Lipinski definition) is 3. The Balaban J connectivity index is 3.12. The molecule has 1 rings (SSSR count). The van der Waals surface area contributed by atoms with Crippen LogP contribution in [-0.2, 0) is 0 Å². The largest absolute Gasteiger partial charge is 0.366 e. The molecule has 1 amide bonds. The van der Waals surface area contributed by atoms with Crippen LogP contribution in [-0.4, -0.2) is 5.91 Å². The first-order valence-corrected chi connectivity index (χ1v) is 3.66. The number of aryl methyl sites for hydroxylation is 1. The maximum absolute atomic E-state index is 10.8. The minimum Gasteiger partial charge on any atom is -0.366 e. The number of nitrogens with two attached hydrogens (primary N) is 2. The van der Waals surface area contributed by atoms with Crippen molar-refractivity contribution in [1.82, 2.24) is 0 Å². The zero-order chi connectivity index (χ0) is 9.84. The zero-order valence-corrected chi connectivity index (χ0v) is 7.19. The van der Waals surface area contributed by atoms with Crippen molar-refractivity contribution < 1.29 is 4.79 Å². The molecule has 68 valence electrons. The molecule has 0 aliphatic carbocycles. The monoisotopic (exact) mass is 178 g/mol. The Kier molecular flexibility index (Phi) is 2.59. The molecule has 1 aromatic carbocycles. The van der Waals surface area contributed by atoms with E-state index in [-0.39, 0.29) is 0 Å². The summed E-state index contributed by atoms with van der Waals surface area (Å²) in [6.45, 7) is 1.77. The maximum Gasteiger partial charge on any atom is 0.248 e. The Morgan fingerprint density at radius 2 is 2.15 bits per heavy atom. The number of primary amides is 1. The number of benzene rings is 1. The average Bonchev–Trinajstić information content (AvgIpc) is 2.04. The molecular weight excluding hydrogens is 168 g/mol. The van der Waals surface area contributed by atoms with Crippen molar-refractivity contribution in [3.8, 4) is 0 Å². The quantitative estimate of drug-likeness (QED) is 0.402. The van der Waals surface area contributed by atoms with Crippen LogP contribution in [0.2, 0.25) is 0 Å². The third-order valence-electron chi connectivity index (χ3n) is 1.65. The topological polar surface area (TPSA) is 93.8 Å². The molecule has 0 atom stereocenters. The molecule has 0 radical (unpaired) electrons. The second kappa shape index (κ2) is 3.66. The van der Waals surface area contributed by atoms with Crippen molar-refractivity contribution in [2.75, 3.05) is 0 Å². The summed E-state index contributed by atoms with van der Waals surface area (Å²) in [5.41, 5.74) is 6.97. The lowest BCUT2D eigenvalue weighted by Crippen LogP contribution is -2.12. The van der Waals surface area contributed by atoms with Gasteiger partial charge in [0.1, 0.15) is 0 Å². The first kappa shape index (κ1) is 9.18. The van der Waals surface area contributed by atoms with E-state index in [1.807, 2.05) is 0 Å². The van der Waals surface area contributed by atoms with Crippen LogP contribution in [0, 0.1) is 6.92 Å². The van der Waals surface area contributed by atoms with Crippen LogP contribution >= 0.6 is 0 Å². The number of rotatable bonds is 2. The van der Waals surface area contributed by atoms with Crippen molar-refractivity contribution in [3.05, 3.63) is 29.3 Å². The zero-order valence-electron chi connectivity index (χ0n) is 7.19. The Labute approximate surface area is 75.4 Å². The number of amides is 1. The highest BCUT2D eigenvalue weighted by Crippen LogP contribution is 2.17. The summed E-state index contributed by atoms with van der Waals surface area (Å²) in [5, 5.41) is 6.75. The molecule has 5 heteroatoms. The normalized spacial score (nSPS) is 10.5. The summed E-state index contributed by atoms with van der Waals surface area (Å²) < 4.78 is 0. The van der Waals surface area contributed by atoms with E-state index in [1.165, 1.54) is 0 Å². The van der Waals surface area contributed by atoms with Crippen LogP contribution in [0.5, 0.6) is 0 Å². The second-order valence-corrected chi connectivity index (χ2v) is 2.58. The number of nitrogens with zero attached hydrogens (tertiary/aromatic N) is 2. The number of hydrogen-bond donors (Lipinski definition) is 2. The summed E-state index contributed by atoms with van der Waals surface area (Å²) in [6.07, 6.45) is 0. The minimum atomic E-state index is -0.450. The first-order chi connectivity index (χ1) is 6.15. The third-order valence-corrected chi connectivity index (χ3v) is 1.65. The van der Waals surface area contributed by atoms with Crippen molar-refractivity contribution in [2.45, 2.75) is 6.92 Å². The fourth-order valence-electron chi connectivity index (χ4n) is 1.05. The Bertz CT molecular complexity index is 359. The van der Waals surface area contributed by atoms with E-state index in [1.54, 1.807) is 25.1 Å². The van der Waals surface area contributed by atoms with Gasteiger partial charge < -0.3 is 11.6 Å². The SMILES string of the molecule is Cc1cc(N=NN)ccc1C(N)=O. The van der Waals surface area contributed by atoms with E-state index in [9.17, 15) is 4.79 Å². The van der Waals surface area contributed by atoms with Gasteiger partial charge in [-0.1, -0.05) is 5.22 Å². The highest BCUT2D eigenvalue weighted by molar-refractivity contribution is 5.94. The van der Waals surface area contributed by atoms with Gasteiger partial charge >= 0.3 is 0 Å². The molecule has 0 unspecified atom stereocenters. The van der Waals surface area contributed by atoms with Crippen LogP contribution in [0.4, 0.5) is 5.69 Å². The summed E-state index contributed by atoms with van der Waals surface area (Å²) in [7, 11) is 0. The van der Waals surface area contributed by atoms with E-state index in [0.29, 0.717) is 11.3 Å². The molecule has 0 fully saturated rings. The smallest absolute Gasteiger partial charge is 0.248 e. The highest BCUT2D eigenvalue weighted by Gasteiger charge is 2.04. The molecule has 1 aromatic rings. The second-order valence-electron chi connectivity index (χ2n) is 2.58. The van der Waals surface area contributed by atoms with Gasteiger partial charge in [0, 0.05) is 5.56 Å². The van der Waals surface area contributed by atoms with Crippen molar-refractivity contribution in [2.24, 2.45) is 21.9 Å². The van der Waals surface area contributed by atoms with Gasteiger partial charge in [-0.3, -0.25) is 4.79 Å². The van der Waals surface area contributed by atoms with Crippen LogP contribution in [0.25, 0.3) is 0 Å². The molecule has 0 heterocycles. The van der Waals surface area contributed by atoms with Crippen LogP contribution < -0.4 is 11.6 Å². The molecule has 0 saturated carbocycles. The predicted octanol–water partition coefficient (Wildman–Crippen LogP) is 1.05. The van der Waals surface area contributed by atoms with Gasteiger partial charge in [0.2, 0.25) is 5.91 Å². The molecule has 4 N–H and O–H groups in total. The lowest BCUT2D eigenvalue weighted by molar-refractivity contribution is 0.1000. The van der Waals surface area contributed by atoms with Gasteiger partial charge in [-0.15, -0.1) is 5.11 Å². The molecule has 13 heavy (non-hydrogen) atoms. The van der Waals surface area contributed by atoms with Gasteiger partial charge in [0.05, 0.1) is 5.69 Å². The summed E-state index contributed by atoms with van der Waals surface area (Å²) in [6, 6.07) is 4.92. The van der Waals surface area contributed by atoms with E-state index in [4.69, 9.17) is 11.6 Å². The Morgan fingerprint density at radius 1 is 1.46 bits per heavy atom. The van der Waals surface area contributed by atoms with E-state index in [0.717, 1.165) is 5.56 Å². The van der Waals surface area contributed by atoms with Gasteiger partial charge in [-0.25, -0.2) is 0 Å². The van der Waals surface area contributed by atoms with Crippen LogP contribution in [0.15, 0.2) is 28.5 Å². The minimum absolute atomic E-state index is 0.450. The lowest BCUT2D eigenvalue weighted by atomic mass is 10.1. The molecular formula is C8H10N4O. The van der Waals surface area contributed by atoms with Gasteiger partial charge in [-0.2, -0.15) is 0 Å². The van der Waals surface area contributed by atoms with Crippen molar-refractivity contribution >= 4 is 11.6 Å². The molecule has 0 spiro atoms. The number of carbonyl (C=O) groups excluding carboxylic acids is 1. The average molecular weight is 178 g/mol. The van der Waals surface area contributed by atoms with E-state index >= 15 is 0 Å². The van der Waals surface area contributed by atoms with Gasteiger partial charge in [0.15, 0.2) is 0 Å². The van der Waals surface area contributed by atoms with Crippen molar-refractivity contribution in [1.29, 1.82) is 0 Å². The fraction of sp³-hybridized carbons (Fsp3) is 0.125.